The van der Waals surface area contributed by atoms with Gasteiger partial charge in [0.15, 0.2) is 0 Å². The van der Waals surface area contributed by atoms with Crippen molar-refractivity contribution in [2.24, 2.45) is 5.92 Å². The minimum absolute atomic E-state index is 0.311. The van der Waals surface area contributed by atoms with Crippen LogP contribution in [-0.4, -0.2) is 36.2 Å². The maximum atomic E-state index is 9.54. The number of hydrogen-bond acceptors (Lipinski definition) is 5. The molecule has 0 aromatic heterocycles. The molecule has 2 aromatic carbocycles. The average molecular weight is 424 g/mol. The molecule has 0 amide bonds. The molecule has 32 heavy (non-hydrogen) atoms. The number of aryl methyl sites for hydroxylation is 1. The van der Waals surface area contributed by atoms with E-state index in [4.69, 9.17) is 0 Å². The summed E-state index contributed by atoms with van der Waals surface area (Å²) in [5, 5.41) is 9.54. The average Bonchev–Trinajstić information content (AvgIpc) is 3.39. The van der Waals surface area contributed by atoms with E-state index in [0.717, 1.165) is 24.8 Å². The molecule has 6 rings (SSSR count). The lowest BCUT2D eigenvalue weighted by Gasteiger charge is -2.47. The molecule has 0 fully saturated rings. The van der Waals surface area contributed by atoms with Gasteiger partial charge < -0.3 is 19.6 Å². The third-order valence-electron chi connectivity index (χ3n) is 7.90. The van der Waals surface area contributed by atoms with Crippen LogP contribution in [0.5, 0.6) is 0 Å². The summed E-state index contributed by atoms with van der Waals surface area (Å²) in [6, 6.07) is 17.5. The predicted octanol–water partition coefficient (Wildman–Crippen LogP) is 4.80. The summed E-state index contributed by atoms with van der Waals surface area (Å²) >= 11 is 0. The second-order valence-corrected chi connectivity index (χ2v) is 9.54. The number of fused-ring (bicyclic) bond motifs is 9. The van der Waals surface area contributed by atoms with Gasteiger partial charge in [-0.1, -0.05) is 18.2 Å². The van der Waals surface area contributed by atoms with Crippen molar-refractivity contribution in [2.45, 2.75) is 43.9 Å². The Bertz CT molecular complexity index is 1140. The smallest absolute Gasteiger partial charge is 0.108 e. The predicted molar refractivity (Wildman–Crippen MR) is 128 cm³/mol. The SMILES string of the molecule is CN1C=CN2c3ccc(C#N)cc3CCC3c4ccccc4N4C=CN(C)C4C3CCC12. The Balaban J connectivity index is 1.46. The van der Waals surface area contributed by atoms with Crippen LogP contribution >= 0.6 is 0 Å². The fraction of sp³-hybridized carbons (Fsp3) is 0.370. The van der Waals surface area contributed by atoms with Gasteiger partial charge in [0.05, 0.1) is 11.6 Å². The van der Waals surface area contributed by atoms with Crippen LogP contribution in [0, 0.1) is 17.2 Å². The van der Waals surface area contributed by atoms with Crippen LogP contribution in [0.1, 0.15) is 41.9 Å². The van der Waals surface area contributed by atoms with Gasteiger partial charge in [-0.25, -0.2) is 0 Å². The number of anilines is 2. The third-order valence-corrected chi connectivity index (χ3v) is 7.90. The van der Waals surface area contributed by atoms with E-state index in [1.165, 1.54) is 28.9 Å². The van der Waals surface area contributed by atoms with Gasteiger partial charge in [-0.3, -0.25) is 0 Å². The Hall–Kier alpha value is -3.39. The Morgan fingerprint density at radius 3 is 2.53 bits per heavy atom. The molecule has 0 aliphatic carbocycles. The van der Waals surface area contributed by atoms with Crippen molar-refractivity contribution in [1.29, 1.82) is 5.26 Å². The van der Waals surface area contributed by atoms with Crippen molar-refractivity contribution in [3.8, 4) is 6.07 Å². The standard InChI is InChI=1S/C27H29N5/c1-29-13-15-31-24-11-7-19(18-28)17-20(24)8-9-21-22-5-3-4-6-25(22)32-16-14-30(2)27(32)23(21)10-12-26(29)31/h3-7,11,13-17,21,23,26-27H,8-10,12H2,1-2H3. The summed E-state index contributed by atoms with van der Waals surface area (Å²) in [6.07, 6.45) is 13.9. The zero-order valence-corrected chi connectivity index (χ0v) is 18.7. The quantitative estimate of drug-likeness (QED) is 0.609. The van der Waals surface area contributed by atoms with Gasteiger partial charge in [0.25, 0.3) is 0 Å². The van der Waals surface area contributed by atoms with Gasteiger partial charge >= 0.3 is 0 Å². The summed E-state index contributed by atoms with van der Waals surface area (Å²) in [4.78, 5) is 9.64. The van der Waals surface area contributed by atoms with Crippen molar-refractivity contribution in [3.63, 3.8) is 0 Å². The third kappa shape index (κ3) is 2.82. The normalized spacial score (nSPS) is 27.9. The molecule has 0 saturated carbocycles. The van der Waals surface area contributed by atoms with Crippen LogP contribution in [0.3, 0.4) is 0 Å². The molecule has 2 aromatic rings. The Labute approximate surface area is 190 Å². The Kier molecular flexibility index (Phi) is 4.43. The minimum atomic E-state index is 0.311. The van der Waals surface area contributed by atoms with Gasteiger partial charge in [0.1, 0.15) is 12.3 Å². The lowest BCUT2D eigenvalue weighted by atomic mass is 9.73. The van der Waals surface area contributed by atoms with E-state index >= 15 is 0 Å². The van der Waals surface area contributed by atoms with E-state index in [2.05, 4.69) is 101 Å². The molecule has 0 radical (unpaired) electrons. The molecule has 4 aliphatic heterocycles. The van der Waals surface area contributed by atoms with Gasteiger partial charge in [-0.05, 0) is 67.0 Å². The van der Waals surface area contributed by atoms with E-state index < -0.39 is 0 Å². The molecule has 0 spiro atoms. The fourth-order valence-electron chi connectivity index (χ4n) is 6.39. The monoisotopic (exact) mass is 423 g/mol. The largest absolute Gasteiger partial charge is 0.359 e. The highest BCUT2D eigenvalue weighted by Crippen LogP contribution is 2.49. The van der Waals surface area contributed by atoms with Crippen LogP contribution in [-0.2, 0) is 6.42 Å². The first kappa shape index (κ1) is 19.3. The number of rotatable bonds is 0. The summed E-state index contributed by atoms with van der Waals surface area (Å²) in [5.41, 5.74) is 6.11. The second-order valence-electron chi connectivity index (χ2n) is 9.54. The van der Waals surface area contributed by atoms with Crippen LogP contribution < -0.4 is 9.80 Å². The van der Waals surface area contributed by atoms with Gasteiger partial charge in [0.2, 0.25) is 0 Å². The minimum Gasteiger partial charge on any atom is -0.359 e. The van der Waals surface area contributed by atoms with Crippen LogP contribution in [0.2, 0.25) is 0 Å². The van der Waals surface area contributed by atoms with Gasteiger partial charge in [0, 0.05) is 56.2 Å². The maximum absolute atomic E-state index is 9.54. The fourth-order valence-corrected chi connectivity index (χ4v) is 6.39. The second kappa shape index (κ2) is 7.34. The van der Waals surface area contributed by atoms with Crippen molar-refractivity contribution >= 4 is 11.4 Å². The number of nitrogens with zero attached hydrogens (tertiary/aromatic N) is 5. The molecule has 162 valence electrons. The highest BCUT2D eigenvalue weighted by Gasteiger charge is 2.44. The number of hydrogen-bond donors (Lipinski definition) is 0. The molecule has 5 nitrogen and oxygen atoms in total. The lowest BCUT2D eigenvalue weighted by molar-refractivity contribution is 0.179. The van der Waals surface area contributed by atoms with Crippen LogP contribution in [0.25, 0.3) is 0 Å². The first-order valence-corrected chi connectivity index (χ1v) is 11.6. The first-order valence-electron chi connectivity index (χ1n) is 11.6. The summed E-state index contributed by atoms with van der Waals surface area (Å²) in [6.45, 7) is 0. The lowest BCUT2D eigenvalue weighted by Crippen LogP contribution is -2.49. The number of para-hydroxylation sites is 1. The highest BCUT2D eigenvalue weighted by molar-refractivity contribution is 5.63. The van der Waals surface area contributed by atoms with E-state index in [9.17, 15) is 5.26 Å². The number of nitriles is 1. The molecule has 0 N–H and O–H groups in total. The Morgan fingerprint density at radius 1 is 0.844 bits per heavy atom. The zero-order chi connectivity index (χ0) is 21.8. The summed E-state index contributed by atoms with van der Waals surface area (Å²) in [5.74, 6) is 1.04. The van der Waals surface area contributed by atoms with Gasteiger partial charge in [-0.2, -0.15) is 5.26 Å². The van der Waals surface area contributed by atoms with E-state index in [1.807, 2.05) is 6.07 Å². The van der Waals surface area contributed by atoms with E-state index in [0.29, 0.717) is 24.2 Å². The molecule has 0 bridgehead atoms. The topological polar surface area (TPSA) is 36.8 Å². The zero-order valence-electron chi connectivity index (χ0n) is 18.7. The summed E-state index contributed by atoms with van der Waals surface area (Å²) in [7, 11) is 4.40. The highest BCUT2D eigenvalue weighted by atomic mass is 15.4. The van der Waals surface area contributed by atoms with Crippen molar-refractivity contribution in [1.82, 2.24) is 9.80 Å². The summed E-state index contributed by atoms with van der Waals surface area (Å²) < 4.78 is 0. The van der Waals surface area contributed by atoms with Crippen LogP contribution in [0.4, 0.5) is 11.4 Å². The van der Waals surface area contributed by atoms with Crippen LogP contribution in [0.15, 0.2) is 67.3 Å². The molecule has 4 heterocycles. The maximum Gasteiger partial charge on any atom is 0.108 e. The molecular formula is C27H29N5. The van der Waals surface area contributed by atoms with Gasteiger partial charge in [-0.15, -0.1) is 0 Å². The Morgan fingerprint density at radius 2 is 1.66 bits per heavy atom. The van der Waals surface area contributed by atoms with E-state index in [-0.39, 0.29) is 0 Å². The van der Waals surface area contributed by atoms with Crippen molar-refractivity contribution in [2.75, 3.05) is 23.9 Å². The molecule has 4 unspecified atom stereocenters. The molecule has 0 saturated heterocycles. The van der Waals surface area contributed by atoms with E-state index in [1.54, 1.807) is 0 Å². The van der Waals surface area contributed by atoms with Crippen molar-refractivity contribution in [3.05, 3.63) is 84.0 Å². The first-order chi connectivity index (χ1) is 15.7. The molecule has 4 aliphatic rings. The molecular weight excluding hydrogens is 394 g/mol. The molecule has 4 atom stereocenters. The van der Waals surface area contributed by atoms with Crippen molar-refractivity contribution < 1.29 is 0 Å². The number of benzene rings is 2. The molecule has 5 heteroatoms.